The third-order valence-corrected chi connectivity index (χ3v) is 5.08. The van der Waals surface area contributed by atoms with Gasteiger partial charge < -0.3 is 9.64 Å². The highest BCUT2D eigenvalue weighted by atomic mass is 32.2. The molecule has 0 spiro atoms. The zero-order valence-corrected chi connectivity index (χ0v) is 13.9. The lowest BCUT2D eigenvalue weighted by Crippen LogP contribution is -2.35. The Kier molecular flexibility index (Phi) is 5.45. The Balaban J connectivity index is 1.93. The van der Waals surface area contributed by atoms with Crippen LogP contribution in [-0.2, 0) is 14.6 Å². The number of hydrogen-bond donors (Lipinski definition) is 0. The molecule has 1 saturated heterocycles. The SMILES string of the molecule is CC1CCCN(C(=O)COc2cccc(S(C)(=O)=O)c2)CC1. The first kappa shape index (κ1) is 16.8. The number of carbonyl (C=O) groups is 1. The molecule has 0 saturated carbocycles. The third kappa shape index (κ3) is 4.73. The molecule has 1 aromatic rings. The van der Waals surface area contributed by atoms with Gasteiger partial charge in [0.25, 0.3) is 5.91 Å². The second-order valence-corrected chi connectivity index (χ2v) is 7.97. The van der Waals surface area contributed by atoms with Gasteiger partial charge in [-0.25, -0.2) is 8.42 Å². The molecule has 0 aromatic heterocycles. The molecular formula is C16H23NO4S. The van der Waals surface area contributed by atoms with E-state index in [4.69, 9.17) is 4.74 Å². The first-order valence-electron chi connectivity index (χ1n) is 7.57. The van der Waals surface area contributed by atoms with Crippen molar-refractivity contribution in [1.82, 2.24) is 4.90 Å². The van der Waals surface area contributed by atoms with Gasteiger partial charge in [0.1, 0.15) is 5.75 Å². The van der Waals surface area contributed by atoms with Crippen LogP contribution in [0.5, 0.6) is 5.75 Å². The number of carbonyl (C=O) groups excluding carboxylic acids is 1. The van der Waals surface area contributed by atoms with Gasteiger partial charge in [0.2, 0.25) is 0 Å². The molecule has 0 aliphatic carbocycles. The standard InChI is InChI=1S/C16H23NO4S/c1-13-5-4-9-17(10-8-13)16(18)12-21-14-6-3-7-15(11-14)22(2,19)20/h3,6-7,11,13H,4-5,8-10,12H2,1-2H3. The van der Waals surface area contributed by atoms with E-state index < -0.39 is 9.84 Å². The average Bonchev–Trinajstić information content (AvgIpc) is 2.69. The second kappa shape index (κ2) is 7.13. The number of nitrogens with zero attached hydrogens (tertiary/aromatic N) is 1. The van der Waals surface area contributed by atoms with Crippen LogP contribution in [0, 0.1) is 5.92 Å². The van der Waals surface area contributed by atoms with E-state index in [1.807, 2.05) is 4.90 Å². The van der Waals surface area contributed by atoms with Gasteiger partial charge in [0.05, 0.1) is 4.90 Å². The maximum absolute atomic E-state index is 12.2. The Labute approximate surface area is 132 Å². The molecule has 2 rings (SSSR count). The summed E-state index contributed by atoms with van der Waals surface area (Å²) in [7, 11) is -3.27. The van der Waals surface area contributed by atoms with Crippen molar-refractivity contribution in [1.29, 1.82) is 0 Å². The molecule has 1 aliphatic heterocycles. The van der Waals surface area contributed by atoms with Crippen LogP contribution in [0.1, 0.15) is 26.2 Å². The molecule has 1 aromatic carbocycles. The normalized spacial score (nSPS) is 19.5. The van der Waals surface area contributed by atoms with Gasteiger partial charge in [-0.2, -0.15) is 0 Å². The molecule has 1 atom stereocenters. The number of hydrogen-bond acceptors (Lipinski definition) is 4. The van der Waals surface area contributed by atoms with Crippen LogP contribution in [0.3, 0.4) is 0 Å². The average molecular weight is 325 g/mol. The van der Waals surface area contributed by atoms with Crippen molar-refractivity contribution in [3.63, 3.8) is 0 Å². The number of rotatable bonds is 4. The summed E-state index contributed by atoms with van der Waals surface area (Å²) in [5.41, 5.74) is 0. The molecule has 122 valence electrons. The van der Waals surface area contributed by atoms with Crippen LogP contribution in [0.2, 0.25) is 0 Å². The van der Waals surface area contributed by atoms with Gasteiger partial charge in [-0.15, -0.1) is 0 Å². The molecule has 1 aliphatic rings. The summed E-state index contributed by atoms with van der Waals surface area (Å²) < 4.78 is 28.5. The third-order valence-electron chi connectivity index (χ3n) is 3.97. The predicted molar refractivity (Wildman–Crippen MR) is 84.6 cm³/mol. The van der Waals surface area contributed by atoms with Crippen LogP contribution < -0.4 is 4.74 Å². The van der Waals surface area contributed by atoms with Crippen LogP contribution in [0.25, 0.3) is 0 Å². The highest BCUT2D eigenvalue weighted by molar-refractivity contribution is 7.90. The van der Waals surface area contributed by atoms with E-state index in [0.717, 1.165) is 38.6 Å². The zero-order chi connectivity index (χ0) is 16.2. The van der Waals surface area contributed by atoms with E-state index in [0.29, 0.717) is 11.7 Å². The summed E-state index contributed by atoms with van der Waals surface area (Å²) in [4.78, 5) is 14.2. The molecule has 1 fully saturated rings. The lowest BCUT2D eigenvalue weighted by molar-refractivity contribution is -0.133. The van der Waals surface area contributed by atoms with E-state index in [-0.39, 0.29) is 17.4 Å². The second-order valence-electron chi connectivity index (χ2n) is 5.95. The van der Waals surface area contributed by atoms with Crippen molar-refractivity contribution in [3.8, 4) is 5.75 Å². The maximum atomic E-state index is 12.2. The van der Waals surface area contributed by atoms with Crippen molar-refractivity contribution < 1.29 is 17.9 Å². The lowest BCUT2D eigenvalue weighted by Gasteiger charge is -2.20. The minimum absolute atomic E-state index is 0.0427. The van der Waals surface area contributed by atoms with Crippen molar-refractivity contribution in [2.24, 2.45) is 5.92 Å². The largest absolute Gasteiger partial charge is 0.484 e. The number of benzene rings is 1. The Hall–Kier alpha value is -1.56. The number of sulfone groups is 1. The molecule has 5 nitrogen and oxygen atoms in total. The van der Waals surface area contributed by atoms with E-state index in [1.165, 1.54) is 12.1 Å². The molecule has 6 heteroatoms. The van der Waals surface area contributed by atoms with Gasteiger partial charge in [-0.05, 0) is 43.4 Å². The van der Waals surface area contributed by atoms with E-state index in [9.17, 15) is 13.2 Å². The number of amides is 1. The number of likely N-dealkylation sites (tertiary alicyclic amines) is 1. The van der Waals surface area contributed by atoms with E-state index in [1.54, 1.807) is 12.1 Å². The van der Waals surface area contributed by atoms with Crippen LogP contribution in [0.15, 0.2) is 29.2 Å². The fourth-order valence-corrected chi connectivity index (χ4v) is 3.20. The fraction of sp³-hybridized carbons (Fsp3) is 0.562. The lowest BCUT2D eigenvalue weighted by atomic mass is 10.0. The molecular weight excluding hydrogens is 302 g/mol. The van der Waals surface area contributed by atoms with Crippen LogP contribution in [-0.4, -0.2) is 45.2 Å². The molecule has 1 unspecified atom stereocenters. The quantitative estimate of drug-likeness (QED) is 0.850. The Bertz CT molecular complexity index is 627. The predicted octanol–water partition coefficient (Wildman–Crippen LogP) is 2.12. The summed E-state index contributed by atoms with van der Waals surface area (Å²) in [6.45, 7) is 3.70. The first-order valence-corrected chi connectivity index (χ1v) is 9.46. The van der Waals surface area contributed by atoms with Crippen LogP contribution >= 0.6 is 0 Å². The first-order chi connectivity index (χ1) is 10.4. The van der Waals surface area contributed by atoms with Gasteiger partial charge in [0, 0.05) is 19.3 Å². The van der Waals surface area contributed by atoms with Crippen molar-refractivity contribution in [2.75, 3.05) is 26.0 Å². The molecule has 1 heterocycles. The van der Waals surface area contributed by atoms with Gasteiger partial charge in [0.15, 0.2) is 16.4 Å². The summed E-state index contributed by atoms with van der Waals surface area (Å²) in [5.74, 6) is 1.02. The summed E-state index contributed by atoms with van der Waals surface area (Å²) >= 11 is 0. The topological polar surface area (TPSA) is 63.7 Å². The van der Waals surface area contributed by atoms with Gasteiger partial charge in [-0.3, -0.25) is 4.79 Å². The summed E-state index contributed by atoms with van der Waals surface area (Å²) in [5, 5.41) is 0. The highest BCUT2D eigenvalue weighted by Gasteiger charge is 2.19. The number of ether oxygens (including phenoxy) is 1. The smallest absolute Gasteiger partial charge is 0.260 e. The molecule has 0 N–H and O–H groups in total. The summed E-state index contributed by atoms with van der Waals surface area (Å²) in [6.07, 6.45) is 4.35. The molecule has 22 heavy (non-hydrogen) atoms. The highest BCUT2D eigenvalue weighted by Crippen LogP contribution is 2.19. The van der Waals surface area contributed by atoms with Crippen LogP contribution in [0.4, 0.5) is 0 Å². The van der Waals surface area contributed by atoms with Crippen molar-refractivity contribution >= 4 is 15.7 Å². The Morgan fingerprint density at radius 3 is 2.82 bits per heavy atom. The zero-order valence-electron chi connectivity index (χ0n) is 13.1. The maximum Gasteiger partial charge on any atom is 0.260 e. The Morgan fingerprint density at radius 2 is 2.09 bits per heavy atom. The molecule has 1 amide bonds. The Morgan fingerprint density at radius 1 is 1.32 bits per heavy atom. The summed E-state index contributed by atoms with van der Waals surface area (Å²) in [6, 6.07) is 6.24. The van der Waals surface area contributed by atoms with Crippen molar-refractivity contribution in [3.05, 3.63) is 24.3 Å². The molecule has 0 bridgehead atoms. The minimum Gasteiger partial charge on any atom is -0.484 e. The van der Waals surface area contributed by atoms with Gasteiger partial charge in [-0.1, -0.05) is 13.0 Å². The van der Waals surface area contributed by atoms with Crippen molar-refractivity contribution in [2.45, 2.75) is 31.1 Å². The van der Waals surface area contributed by atoms with E-state index >= 15 is 0 Å². The minimum atomic E-state index is -3.27. The molecule has 0 radical (unpaired) electrons. The van der Waals surface area contributed by atoms with Gasteiger partial charge >= 0.3 is 0 Å². The van der Waals surface area contributed by atoms with E-state index in [2.05, 4.69) is 6.92 Å². The fourth-order valence-electron chi connectivity index (χ4n) is 2.54. The monoisotopic (exact) mass is 325 g/mol.